The van der Waals surface area contributed by atoms with E-state index in [1.807, 2.05) is 84.7 Å². The van der Waals surface area contributed by atoms with E-state index >= 15 is 0 Å². The summed E-state index contributed by atoms with van der Waals surface area (Å²) in [7, 11) is -3.03. The molecule has 2 nitrogen and oxygen atoms in total. The van der Waals surface area contributed by atoms with Crippen LogP contribution in [0.15, 0.2) is 115 Å². The molecule has 0 radical (unpaired) electrons. The fraction of sp³-hybridized carbons (Fsp3) is 0.120. The van der Waals surface area contributed by atoms with Gasteiger partial charge in [-0.05, 0) is 12.5 Å². The van der Waals surface area contributed by atoms with Crippen molar-refractivity contribution >= 4 is 17.8 Å². The Morgan fingerprint density at radius 3 is 1.82 bits per heavy atom. The fourth-order valence-corrected chi connectivity index (χ4v) is 6.26. The Morgan fingerprint density at radius 2 is 1.32 bits per heavy atom. The Kier molecular flexibility index (Phi) is 4.83. The van der Waals surface area contributed by atoms with E-state index in [9.17, 15) is 4.57 Å². The van der Waals surface area contributed by atoms with Crippen LogP contribution in [0, 0.1) is 0 Å². The van der Waals surface area contributed by atoms with E-state index in [1.54, 1.807) is 0 Å². The first-order chi connectivity index (χ1) is 13.5. The van der Waals surface area contributed by atoms with Crippen molar-refractivity contribution in [2.75, 3.05) is 0 Å². The van der Waals surface area contributed by atoms with Gasteiger partial charge in [-0.2, -0.15) is 0 Å². The molecule has 0 spiro atoms. The molecule has 1 atom stereocenters. The first kappa shape index (κ1) is 18.5. The minimum absolute atomic E-state index is 0.391. The molecule has 0 amide bonds. The lowest BCUT2D eigenvalue weighted by Crippen LogP contribution is -2.22. The quantitative estimate of drug-likeness (QED) is 0.535. The summed E-state index contributed by atoms with van der Waals surface area (Å²) in [6, 6.07) is 29.5. The molecule has 3 aromatic rings. The highest BCUT2D eigenvalue weighted by molar-refractivity contribution is 7.81. The van der Waals surface area contributed by atoms with Gasteiger partial charge in [-0.3, -0.25) is 0 Å². The third-order valence-electron chi connectivity index (χ3n) is 5.34. The SMILES string of the molecule is C=C1CC(C)(c2ccccc2)/C(=C/P(=O)(c2ccccc2)c2ccccc2)O1. The number of hydrogen-bond acceptors (Lipinski definition) is 2. The number of rotatable bonds is 4. The maximum atomic E-state index is 14.4. The summed E-state index contributed by atoms with van der Waals surface area (Å²) in [6.45, 7) is 6.18. The predicted octanol–water partition coefficient (Wildman–Crippen LogP) is 5.73. The zero-order chi connectivity index (χ0) is 19.6. The average Bonchev–Trinajstić information content (AvgIpc) is 3.04. The van der Waals surface area contributed by atoms with Crippen LogP contribution in [-0.2, 0) is 14.7 Å². The lowest BCUT2D eigenvalue weighted by Gasteiger charge is -2.25. The molecule has 4 rings (SSSR count). The predicted molar refractivity (Wildman–Crippen MR) is 116 cm³/mol. The third kappa shape index (κ3) is 3.25. The average molecular weight is 386 g/mol. The normalized spacial score (nSPS) is 20.9. The molecule has 1 heterocycles. The van der Waals surface area contributed by atoms with Gasteiger partial charge in [0.15, 0.2) is 7.14 Å². The highest BCUT2D eigenvalue weighted by Crippen LogP contribution is 2.53. The maximum absolute atomic E-state index is 14.4. The van der Waals surface area contributed by atoms with Gasteiger partial charge in [0, 0.05) is 22.8 Å². The van der Waals surface area contributed by atoms with E-state index in [0.29, 0.717) is 17.9 Å². The van der Waals surface area contributed by atoms with Crippen LogP contribution in [0.1, 0.15) is 18.9 Å². The van der Waals surface area contributed by atoms with Crippen molar-refractivity contribution in [3.05, 3.63) is 120 Å². The highest BCUT2D eigenvalue weighted by Gasteiger charge is 2.42. The third-order valence-corrected chi connectivity index (χ3v) is 8.07. The van der Waals surface area contributed by atoms with Crippen molar-refractivity contribution in [1.82, 2.24) is 0 Å². The van der Waals surface area contributed by atoms with Crippen LogP contribution in [0.25, 0.3) is 0 Å². The minimum atomic E-state index is -3.03. The van der Waals surface area contributed by atoms with Gasteiger partial charge in [0.05, 0.1) is 11.2 Å². The molecule has 28 heavy (non-hydrogen) atoms. The standard InChI is InChI=1S/C25H23O2P/c1-20-18-25(2,21-12-6-3-7-13-21)24(27-20)19-28(26,22-14-8-4-9-15-22)23-16-10-5-11-17-23/h3-17,19H,1,18H2,2H3/b24-19-. The van der Waals surface area contributed by atoms with Crippen LogP contribution in [0.2, 0.25) is 0 Å². The highest BCUT2D eigenvalue weighted by atomic mass is 31.2. The van der Waals surface area contributed by atoms with Crippen LogP contribution in [-0.4, -0.2) is 0 Å². The molecule has 0 N–H and O–H groups in total. The number of benzene rings is 3. The molecule has 3 heteroatoms. The Hall–Kier alpha value is -2.83. The van der Waals surface area contributed by atoms with Crippen LogP contribution in [0.4, 0.5) is 0 Å². The van der Waals surface area contributed by atoms with E-state index in [2.05, 4.69) is 25.6 Å². The molecule has 0 aromatic heterocycles. The van der Waals surface area contributed by atoms with Gasteiger partial charge in [0.1, 0.15) is 5.76 Å². The smallest absolute Gasteiger partial charge is 0.167 e. The zero-order valence-corrected chi connectivity index (χ0v) is 16.8. The van der Waals surface area contributed by atoms with Gasteiger partial charge in [0.25, 0.3) is 0 Å². The second-order valence-electron chi connectivity index (χ2n) is 7.34. The van der Waals surface area contributed by atoms with Crippen molar-refractivity contribution in [3.8, 4) is 0 Å². The number of allylic oxidation sites excluding steroid dienone is 2. The van der Waals surface area contributed by atoms with Crippen molar-refractivity contribution in [2.24, 2.45) is 0 Å². The van der Waals surface area contributed by atoms with Gasteiger partial charge >= 0.3 is 0 Å². The summed E-state index contributed by atoms with van der Waals surface area (Å²) >= 11 is 0. The van der Waals surface area contributed by atoms with E-state index < -0.39 is 12.6 Å². The second-order valence-corrected chi connectivity index (χ2v) is 9.95. The molecule has 1 aliphatic rings. The topological polar surface area (TPSA) is 26.3 Å². The Labute approximate surface area is 166 Å². The van der Waals surface area contributed by atoms with E-state index in [4.69, 9.17) is 4.74 Å². The molecular formula is C25H23O2P. The fourth-order valence-electron chi connectivity index (χ4n) is 3.77. The Balaban J connectivity index is 1.91. The summed E-state index contributed by atoms with van der Waals surface area (Å²) < 4.78 is 20.5. The molecule has 1 fully saturated rings. The van der Waals surface area contributed by atoms with Crippen molar-refractivity contribution < 1.29 is 9.30 Å². The van der Waals surface area contributed by atoms with E-state index in [0.717, 1.165) is 16.2 Å². The number of hydrogen-bond donors (Lipinski definition) is 0. The lowest BCUT2D eigenvalue weighted by atomic mass is 9.79. The monoisotopic (exact) mass is 386 g/mol. The van der Waals surface area contributed by atoms with Gasteiger partial charge in [-0.15, -0.1) is 0 Å². The lowest BCUT2D eigenvalue weighted by molar-refractivity contribution is 0.324. The summed E-state index contributed by atoms with van der Waals surface area (Å²) in [5.74, 6) is 3.26. The molecule has 3 aromatic carbocycles. The summed E-state index contributed by atoms with van der Waals surface area (Å²) in [5.41, 5.74) is 0.741. The van der Waals surface area contributed by atoms with E-state index in [1.165, 1.54) is 0 Å². The first-order valence-electron chi connectivity index (χ1n) is 9.38. The molecule has 0 bridgehead atoms. The van der Waals surface area contributed by atoms with Gasteiger partial charge < -0.3 is 9.30 Å². The molecule has 1 saturated heterocycles. The summed E-state index contributed by atoms with van der Waals surface area (Å²) in [6.07, 6.45) is 0.673. The summed E-state index contributed by atoms with van der Waals surface area (Å²) in [5, 5.41) is 1.59. The zero-order valence-electron chi connectivity index (χ0n) is 15.9. The minimum Gasteiger partial charge on any atom is -0.466 e. The van der Waals surface area contributed by atoms with Crippen LogP contribution < -0.4 is 10.6 Å². The van der Waals surface area contributed by atoms with Crippen molar-refractivity contribution in [3.63, 3.8) is 0 Å². The van der Waals surface area contributed by atoms with Gasteiger partial charge in [-0.1, -0.05) is 97.6 Å². The van der Waals surface area contributed by atoms with E-state index in [-0.39, 0.29) is 0 Å². The second kappa shape index (κ2) is 7.30. The first-order valence-corrected chi connectivity index (χ1v) is 11.2. The summed E-state index contributed by atoms with van der Waals surface area (Å²) in [4.78, 5) is 0. The Morgan fingerprint density at radius 1 is 0.857 bits per heavy atom. The molecule has 1 unspecified atom stereocenters. The Bertz CT molecular complexity index is 1010. The van der Waals surface area contributed by atoms with Crippen LogP contribution in [0.5, 0.6) is 0 Å². The van der Waals surface area contributed by atoms with Crippen molar-refractivity contribution in [1.29, 1.82) is 0 Å². The molecule has 140 valence electrons. The van der Waals surface area contributed by atoms with Gasteiger partial charge in [-0.25, -0.2) is 0 Å². The van der Waals surface area contributed by atoms with Gasteiger partial charge in [0.2, 0.25) is 0 Å². The van der Waals surface area contributed by atoms with Crippen molar-refractivity contribution in [2.45, 2.75) is 18.8 Å². The molecular weight excluding hydrogens is 363 g/mol. The van der Waals surface area contributed by atoms with Crippen LogP contribution >= 0.6 is 7.14 Å². The number of ether oxygens (including phenoxy) is 1. The molecule has 1 aliphatic heterocycles. The van der Waals surface area contributed by atoms with Crippen LogP contribution in [0.3, 0.4) is 0 Å². The largest absolute Gasteiger partial charge is 0.466 e. The maximum Gasteiger partial charge on any atom is 0.167 e. The molecule has 0 aliphatic carbocycles. The molecule has 0 saturated carbocycles.